The lowest BCUT2D eigenvalue weighted by molar-refractivity contribution is 0.439. The molecule has 3 heteroatoms. The molecule has 0 aliphatic rings. The summed E-state index contributed by atoms with van der Waals surface area (Å²) in [5.74, 6) is 0.303. The van der Waals surface area contributed by atoms with E-state index in [0.29, 0.717) is 18.4 Å². The molecule has 0 aliphatic carbocycles. The Bertz CT molecular complexity index is 609. The smallest absolute Gasteiger partial charge is 0.123 e. The highest BCUT2D eigenvalue weighted by atomic mass is 16.3. The molecule has 0 spiro atoms. The molecule has 0 bridgehead atoms. The van der Waals surface area contributed by atoms with Crippen LogP contribution in [0.2, 0.25) is 0 Å². The van der Waals surface area contributed by atoms with E-state index in [-0.39, 0.29) is 11.5 Å². The van der Waals surface area contributed by atoms with Gasteiger partial charge in [0, 0.05) is 12.0 Å². The van der Waals surface area contributed by atoms with Gasteiger partial charge in [0.2, 0.25) is 0 Å². The first kappa shape index (κ1) is 19.8. The van der Waals surface area contributed by atoms with E-state index < -0.39 is 0 Å². The zero-order valence-electron chi connectivity index (χ0n) is 15.1. The highest BCUT2D eigenvalue weighted by Gasteiger charge is 2.09. The Kier molecular flexibility index (Phi) is 8.71. The summed E-state index contributed by atoms with van der Waals surface area (Å²) >= 11 is 0. The third kappa shape index (κ3) is 7.37. The molecular weight excluding hydrogens is 298 g/mol. The second-order valence-corrected chi connectivity index (χ2v) is 6.55. The molecule has 0 saturated carbocycles. The van der Waals surface area contributed by atoms with Gasteiger partial charge in [-0.3, -0.25) is 0 Å². The molecule has 1 aromatic rings. The van der Waals surface area contributed by atoms with E-state index in [1.807, 2.05) is 0 Å². The van der Waals surface area contributed by atoms with Crippen molar-refractivity contribution < 1.29 is 10.2 Å². The molecule has 3 nitrogen and oxygen atoms in total. The van der Waals surface area contributed by atoms with Crippen LogP contribution in [-0.2, 0) is 12.8 Å². The molecule has 1 aromatic carbocycles. The predicted molar refractivity (Wildman–Crippen MR) is 99.1 cm³/mol. The lowest BCUT2D eigenvalue weighted by Crippen LogP contribution is -1.91. The van der Waals surface area contributed by atoms with Crippen molar-refractivity contribution in [2.75, 3.05) is 0 Å². The third-order valence-electron chi connectivity index (χ3n) is 4.01. The van der Waals surface area contributed by atoms with Crippen LogP contribution in [0.5, 0.6) is 11.5 Å². The number of phenols is 2. The van der Waals surface area contributed by atoms with Crippen LogP contribution < -0.4 is 0 Å². The van der Waals surface area contributed by atoms with Crippen molar-refractivity contribution in [1.82, 2.24) is 0 Å². The summed E-state index contributed by atoms with van der Waals surface area (Å²) in [6, 6.07) is 5.58. The molecule has 0 heterocycles. The highest BCUT2D eigenvalue weighted by Crippen LogP contribution is 2.30. The summed E-state index contributed by atoms with van der Waals surface area (Å²) in [7, 11) is 0. The van der Waals surface area contributed by atoms with Crippen molar-refractivity contribution in [2.45, 2.75) is 65.7 Å². The summed E-state index contributed by atoms with van der Waals surface area (Å²) in [5.41, 5.74) is 4.07. The van der Waals surface area contributed by atoms with E-state index in [1.54, 1.807) is 12.1 Å². The first-order valence-corrected chi connectivity index (χ1v) is 8.63. The van der Waals surface area contributed by atoms with Gasteiger partial charge < -0.3 is 10.2 Å². The number of rotatable bonds is 9. The second kappa shape index (κ2) is 10.5. The molecule has 0 aliphatic heterocycles. The summed E-state index contributed by atoms with van der Waals surface area (Å²) < 4.78 is 0. The van der Waals surface area contributed by atoms with Crippen molar-refractivity contribution >= 4 is 0 Å². The van der Waals surface area contributed by atoms with Gasteiger partial charge in [0.25, 0.3) is 0 Å². The number of aryl methyl sites for hydroxylation is 1. The Balaban J connectivity index is 2.65. The number of allylic oxidation sites excluding steroid dienone is 4. The molecule has 0 unspecified atom stereocenters. The van der Waals surface area contributed by atoms with E-state index in [1.165, 1.54) is 11.1 Å². The van der Waals surface area contributed by atoms with Crippen LogP contribution in [0.15, 0.2) is 35.4 Å². The molecule has 130 valence electrons. The molecule has 0 fully saturated rings. The maximum absolute atomic E-state index is 10.2. The summed E-state index contributed by atoms with van der Waals surface area (Å²) in [6.07, 6.45) is 9.87. The summed E-state index contributed by atoms with van der Waals surface area (Å²) in [4.78, 5) is 0. The fraction of sp³-hybridized carbons (Fsp3) is 0.476. The largest absolute Gasteiger partial charge is 0.508 e. The van der Waals surface area contributed by atoms with Crippen LogP contribution in [0.3, 0.4) is 0 Å². The van der Waals surface area contributed by atoms with Gasteiger partial charge in [0.05, 0.1) is 6.07 Å². The van der Waals surface area contributed by atoms with Gasteiger partial charge in [-0.2, -0.15) is 5.26 Å². The Morgan fingerprint density at radius 1 is 1.08 bits per heavy atom. The zero-order valence-corrected chi connectivity index (χ0v) is 15.1. The van der Waals surface area contributed by atoms with Crippen LogP contribution in [0.4, 0.5) is 0 Å². The quantitative estimate of drug-likeness (QED) is 0.460. The van der Waals surface area contributed by atoms with Crippen molar-refractivity contribution in [1.29, 1.82) is 5.26 Å². The average molecular weight is 327 g/mol. The van der Waals surface area contributed by atoms with Crippen molar-refractivity contribution in [3.05, 3.63) is 46.6 Å². The van der Waals surface area contributed by atoms with Gasteiger partial charge in [-0.1, -0.05) is 23.3 Å². The number of unbranched alkanes of at least 4 members (excludes halogenated alkanes) is 2. The SMILES string of the molecule is CC(C)=CCCC(C)=CCc1c(O)cc(CCCCC#N)cc1O. The van der Waals surface area contributed by atoms with E-state index in [2.05, 4.69) is 39.0 Å². The van der Waals surface area contributed by atoms with Crippen LogP contribution >= 0.6 is 0 Å². The molecule has 0 saturated heterocycles. The van der Waals surface area contributed by atoms with Crippen molar-refractivity contribution in [3.63, 3.8) is 0 Å². The van der Waals surface area contributed by atoms with Crippen molar-refractivity contribution in [2.24, 2.45) is 0 Å². The predicted octanol–water partition coefficient (Wildman–Crippen LogP) is 5.57. The molecule has 1 rings (SSSR count). The number of nitriles is 1. The summed E-state index contributed by atoms with van der Waals surface area (Å²) in [6.45, 7) is 6.27. The minimum absolute atomic E-state index is 0.152. The molecular formula is C21H29NO2. The van der Waals surface area contributed by atoms with E-state index in [4.69, 9.17) is 5.26 Å². The maximum atomic E-state index is 10.2. The minimum Gasteiger partial charge on any atom is -0.508 e. The monoisotopic (exact) mass is 327 g/mol. The van der Waals surface area contributed by atoms with Gasteiger partial charge in [0.1, 0.15) is 11.5 Å². The Morgan fingerprint density at radius 3 is 2.33 bits per heavy atom. The highest BCUT2D eigenvalue weighted by molar-refractivity contribution is 5.47. The van der Waals surface area contributed by atoms with Crippen molar-refractivity contribution in [3.8, 4) is 17.6 Å². The minimum atomic E-state index is 0.152. The fourth-order valence-corrected chi connectivity index (χ4v) is 2.55. The standard InChI is InChI=1S/C21H29NO2/c1-16(2)8-7-9-17(3)11-12-19-20(23)14-18(15-21(19)24)10-5-4-6-13-22/h8,11,14-15,23-24H,4-7,9-10,12H2,1-3H3. The molecule has 2 N–H and O–H groups in total. The number of hydrogen-bond acceptors (Lipinski definition) is 3. The van der Waals surface area contributed by atoms with Gasteiger partial charge in [-0.05, 0) is 77.0 Å². The van der Waals surface area contributed by atoms with Gasteiger partial charge >= 0.3 is 0 Å². The first-order valence-electron chi connectivity index (χ1n) is 8.63. The topological polar surface area (TPSA) is 64.2 Å². The molecule has 24 heavy (non-hydrogen) atoms. The lowest BCUT2D eigenvalue weighted by atomic mass is 10.0. The Labute approximate surface area is 146 Å². The van der Waals surface area contributed by atoms with E-state index in [0.717, 1.165) is 37.7 Å². The fourth-order valence-electron chi connectivity index (χ4n) is 2.55. The number of nitrogens with zero attached hydrogens (tertiary/aromatic N) is 1. The Hall–Kier alpha value is -2.21. The first-order chi connectivity index (χ1) is 11.4. The normalized spacial score (nSPS) is 11.2. The van der Waals surface area contributed by atoms with Crippen LogP contribution in [0.25, 0.3) is 0 Å². The number of phenolic OH excluding ortho intramolecular Hbond substituents is 2. The van der Waals surface area contributed by atoms with Crippen LogP contribution in [0.1, 0.15) is 64.0 Å². The van der Waals surface area contributed by atoms with Gasteiger partial charge in [0.15, 0.2) is 0 Å². The Morgan fingerprint density at radius 2 is 1.75 bits per heavy atom. The van der Waals surface area contributed by atoms with E-state index >= 15 is 0 Å². The third-order valence-corrected chi connectivity index (χ3v) is 4.01. The number of aromatic hydroxyl groups is 2. The van der Waals surface area contributed by atoms with Crippen LogP contribution in [0, 0.1) is 11.3 Å². The zero-order chi connectivity index (χ0) is 17.9. The molecule has 0 atom stereocenters. The lowest BCUT2D eigenvalue weighted by Gasteiger charge is -2.09. The second-order valence-electron chi connectivity index (χ2n) is 6.55. The van der Waals surface area contributed by atoms with Gasteiger partial charge in [-0.15, -0.1) is 0 Å². The molecule has 0 aromatic heterocycles. The van der Waals surface area contributed by atoms with E-state index in [9.17, 15) is 10.2 Å². The molecule has 0 radical (unpaired) electrons. The average Bonchev–Trinajstić information content (AvgIpc) is 2.50. The molecule has 0 amide bonds. The maximum Gasteiger partial charge on any atom is 0.123 e. The number of hydrogen-bond donors (Lipinski definition) is 2. The number of benzene rings is 1. The van der Waals surface area contributed by atoms with Crippen LogP contribution in [-0.4, -0.2) is 10.2 Å². The summed E-state index contributed by atoms with van der Waals surface area (Å²) in [5, 5.41) is 28.9. The van der Waals surface area contributed by atoms with Gasteiger partial charge in [-0.25, -0.2) is 0 Å².